The Morgan fingerprint density at radius 3 is 1.53 bits per heavy atom. The number of hydrogen-bond acceptors (Lipinski definition) is 17. The van der Waals surface area contributed by atoms with Gasteiger partial charge in [-0.1, -0.05) is 186 Å². The molecule has 9 N–H and O–H groups in total. The molecule has 13 atom stereocenters. The first-order chi connectivity index (χ1) is 33.7. The Hall–Kier alpha value is -1.87. The van der Waals surface area contributed by atoms with Gasteiger partial charge in [0, 0.05) is 12.5 Å². The van der Waals surface area contributed by atoms with Crippen LogP contribution in [0.5, 0.6) is 0 Å². The van der Waals surface area contributed by atoms with Gasteiger partial charge in [-0.25, -0.2) is 9.36 Å². The maximum Gasteiger partial charge on any atom is 0.472 e. The maximum absolute atomic E-state index is 13.4. The minimum atomic E-state index is -5.39. The number of carbonyl (C=O) groups is 2. The molecule has 2 rings (SSSR count). The van der Waals surface area contributed by atoms with Gasteiger partial charge >= 0.3 is 19.8 Å². The summed E-state index contributed by atoms with van der Waals surface area (Å²) in [7, 11) is -5.39. The zero-order valence-corrected chi connectivity index (χ0v) is 43.2. The second-order valence-electron chi connectivity index (χ2n) is 19.1. The molecular formula is C51H93O18P. The number of allylic oxidation sites excluding steroid dienone is 3. The molecule has 0 amide bonds. The van der Waals surface area contributed by atoms with Crippen LogP contribution in [0, 0.1) is 0 Å². The van der Waals surface area contributed by atoms with Crippen LogP contribution < -0.4 is 0 Å². The van der Waals surface area contributed by atoms with Crippen LogP contribution in [-0.2, 0) is 42.1 Å². The van der Waals surface area contributed by atoms with Gasteiger partial charge in [0.1, 0.15) is 67.6 Å². The van der Waals surface area contributed by atoms with Crippen molar-refractivity contribution in [3.05, 3.63) is 24.3 Å². The van der Waals surface area contributed by atoms with Crippen LogP contribution in [0.1, 0.15) is 194 Å². The fraction of sp³-hybridized carbons (Fsp3) is 0.882. The van der Waals surface area contributed by atoms with Gasteiger partial charge in [0.2, 0.25) is 0 Å². The van der Waals surface area contributed by atoms with Gasteiger partial charge < -0.3 is 64.7 Å². The van der Waals surface area contributed by atoms with Crippen molar-refractivity contribution >= 4 is 19.8 Å². The van der Waals surface area contributed by atoms with Gasteiger partial charge in [-0.05, 0) is 19.3 Å². The Balaban J connectivity index is 1.95. The number of hydrogen-bond donors (Lipinski definition) is 9. The molecule has 13 unspecified atom stereocenters. The Labute approximate surface area is 417 Å². The molecule has 2 fully saturated rings. The average molecular weight is 1030 g/mol. The maximum atomic E-state index is 13.4. The molecule has 70 heavy (non-hydrogen) atoms. The van der Waals surface area contributed by atoms with E-state index < -0.39 is 113 Å². The van der Waals surface area contributed by atoms with Crippen LogP contribution in [-0.4, -0.2) is 151 Å². The van der Waals surface area contributed by atoms with E-state index in [-0.39, 0.29) is 6.42 Å². The van der Waals surface area contributed by atoms with E-state index in [1.165, 1.54) is 134 Å². The van der Waals surface area contributed by atoms with E-state index in [9.17, 15) is 59.9 Å². The summed E-state index contributed by atoms with van der Waals surface area (Å²) in [5.74, 6) is -1.46. The van der Waals surface area contributed by atoms with E-state index in [0.29, 0.717) is 6.42 Å². The summed E-state index contributed by atoms with van der Waals surface area (Å²) in [4.78, 5) is 36.5. The molecule has 1 saturated heterocycles. The molecule has 0 aromatic heterocycles. The number of aliphatic hydroxyl groups excluding tert-OH is 8. The van der Waals surface area contributed by atoms with Gasteiger partial charge in [-0.3, -0.25) is 13.8 Å². The lowest BCUT2D eigenvalue weighted by atomic mass is 9.84. The first kappa shape index (κ1) is 64.2. The van der Waals surface area contributed by atoms with E-state index in [1.807, 2.05) is 6.08 Å². The molecule has 18 nitrogen and oxygen atoms in total. The lowest BCUT2D eigenvalue weighted by Crippen LogP contribution is -2.67. The molecule has 0 bridgehead atoms. The minimum Gasteiger partial charge on any atom is -0.458 e. The summed E-state index contributed by atoms with van der Waals surface area (Å²) in [6.07, 6.45) is 14.6. The summed E-state index contributed by atoms with van der Waals surface area (Å²) in [6, 6.07) is 0. The normalized spacial score (nSPS) is 27.5. The summed E-state index contributed by atoms with van der Waals surface area (Å²) in [5, 5.41) is 83.0. The summed E-state index contributed by atoms with van der Waals surface area (Å²) >= 11 is 0. The van der Waals surface area contributed by atoms with E-state index in [4.69, 9.17) is 28.0 Å². The van der Waals surface area contributed by atoms with Crippen LogP contribution in [0.15, 0.2) is 24.3 Å². The van der Waals surface area contributed by atoms with Crippen molar-refractivity contribution in [3.63, 3.8) is 0 Å². The predicted octanol–water partition coefficient (Wildman–Crippen LogP) is 6.66. The number of rotatable bonds is 41. The molecular weight excluding hydrogens is 932 g/mol. The van der Waals surface area contributed by atoms with Gasteiger partial charge in [-0.2, -0.15) is 0 Å². The van der Waals surface area contributed by atoms with Crippen molar-refractivity contribution < 1.29 is 87.9 Å². The summed E-state index contributed by atoms with van der Waals surface area (Å²) < 4.78 is 45.3. The Morgan fingerprint density at radius 2 is 1.03 bits per heavy atom. The van der Waals surface area contributed by atoms with E-state index in [1.54, 1.807) is 6.08 Å². The number of phosphoric ester groups is 1. The van der Waals surface area contributed by atoms with Crippen molar-refractivity contribution in [2.45, 2.75) is 267 Å². The Bertz CT molecular complexity index is 1450. The number of carbonyl (C=O) groups excluding carboxylic acids is 2. The SMILES string of the molecule is CCCCCCCCCCCCCC=CC=CC(=O)OCC(COP(=O)(O)OC1C(O)C(O)C(O)C(O)C1OC1OC(CO)C(O)C(O)C1O)OC(=O)CCCCCCCCCCCCCCCCC. The van der Waals surface area contributed by atoms with Crippen LogP contribution >= 0.6 is 7.82 Å². The van der Waals surface area contributed by atoms with Crippen molar-refractivity contribution in [1.29, 1.82) is 0 Å². The van der Waals surface area contributed by atoms with E-state index in [0.717, 1.165) is 44.9 Å². The number of phosphoric acid groups is 1. The second-order valence-corrected chi connectivity index (χ2v) is 20.6. The van der Waals surface area contributed by atoms with E-state index >= 15 is 0 Å². The highest BCUT2D eigenvalue weighted by Gasteiger charge is 2.55. The highest BCUT2D eigenvalue weighted by Crippen LogP contribution is 2.48. The lowest BCUT2D eigenvalue weighted by molar-refractivity contribution is -0.338. The number of ether oxygens (including phenoxy) is 4. The van der Waals surface area contributed by atoms with Crippen molar-refractivity contribution in [2.24, 2.45) is 0 Å². The van der Waals surface area contributed by atoms with Crippen molar-refractivity contribution in [1.82, 2.24) is 0 Å². The monoisotopic (exact) mass is 1020 g/mol. The van der Waals surface area contributed by atoms with Gasteiger partial charge in [-0.15, -0.1) is 0 Å². The number of esters is 2. The molecule has 1 saturated carbocycles. The number of unbranched alkanes of at least 4 members (excludes halogenated alkanes) is 25. The highest BCUT2D eigenvalue weighted by atomic mass is 31.2. The Kier molecular flexibility index (Phi) is 35.5. The molecule has 1 aliphatic carbocycles. The molecule has 2 aliphatic rings. The third-order valence-electron chi connectivity index (χ3n) is 13.0. The first-order valence-corrected chi connectivity index (χ1v) is 28.2. The van der Waals surface area contributed by atoms with Crippen LogP contribution in [0.25, 0.3) is 0 Å². The zero-order chi connectivity index (χ0) is 51.6. The third-order valence-corrected chi connectivity index (χ3v) is 14.0. The van der Waals surface area contributed by atoms with Gasteiger partial charge in [0.05, 0.1) is 13.2 Å². The summed E-state index contributed by atoms with van der Waals surface area (Å²) in [6.45, 7) is 2.14. The fourth-order valence-corrected chi connectivity index (χ4v) is 9.59. The van der Waals surface area contributed by atoms with Crippen molar-refractivity contribution in [3.8, 4) is 0 Å². The standard InChI is InChI=1S/C51H93O18P/c1-3-5-7-9-11-13-15-17-19-21-23-25-27-29-31-33-40(53)64-36-38(66-41(54)34-32-30-28-26-24-22-20-18-16-14-12-10-8-6-4-2)37-65-70(62,63)69-50-47(60)45(58)44(57)46(59)49(50)68-51-48(61)43(56)42(55)39(35-52)67-51/h27,29,31,33,38-39,42-52,55-61H,3-26,28,30,32,34-37H2,1-2H3,(H,62,63). The molecule has 0 aromatic carbocycles. The van der Waals surface area contributed by atoms with Crippen LogP contribution in [0.3, 0.4) is 0 Å². The van der Waals surface area contributed by atoms with Crippen LogP contribution in [0.4, 0.5) is 0 Å². The molecule has 410 valence electrons. The molecule has 0 aromatic rings. The molecule has 19 heteroatoms. The van der Waals surface area contributed by atoms with Crippen molar-refractivity contribution in [2.75, 3.05) is 19.8 Å². The van der Waals surface area contributed by atoms with Gasteiger partial charge in [0.15, 0.2) is 12.4 Å². The largest absolute Gasteiger partial charge is 0.472 e. The molecule has 1 aliphatic heterocycles. The molecule has 0 spiro atoms. The van der Waals surface area contributed by atoms with E-state index in [2.05, 4.69) is 13.8 Å². The Morgan fingerprint density at radius 1 is 0.571 bits per heavy atom. The van der Waals surface area contributed by atoms with Crippen LogP contribution in [0.2, 0.25) is 0 Å². The second kappa shape index (κ2) is 38.7. The average Bonchev–Trinajstić information content (AvgIpc) is 3.34. The number of aliphatic hydroxyl groups is 8. The zero-order valence-electron chi connectivity index (χ0n) is 42.3. The summed E-state index contributed by atoms with van der Waals surface area (Å²) in [5.41, 5.74) is 0. The smallest absolute Gasteiger partial charge is 0.458 e. The fourth-order valence-electron chi connectivity index (χ4n) is 8.62. The van der Waals surface area contributed by atoms with Gasteiger partial charge in [0.25, 0.3) is 0 Å². The topological polar surface area (TPSA) is 289 Å². The molecule has 1 heterocycles. The molecule has 0 radical (unpaired) electrons. The highest BCUT2D eigenvalue weighted by molar-refractivity contribution is 7.47. The third kappa shape index (κ3) is 26.9. The lowest BCUT2D eigenvalue weighted by Gasteiger charge is -2.47. The first-order valence-electron chi connectivity index (χ1n) is 26.7. The minimum absolute atomic E-state index is 0.0170. The predicted molar refractivity (Wildman–Crippen MR) is 263 cm³/mol. The quantitative estimate of drug-likeness (QED) is 0.0102.